The van der Waals surface area contributed by atoms with Gasteiger partial charge in [-0.3, -0.25) is 4.79 Å². The van der Waals surface area contributed by atoms with Crippen molar-refractivity contribution in [1.29, 1.82) is 0 Å². The zero-order valence-corrected chi connectivity index (χ0v) is 13.2. The van der Waals surface area contributed by atoms with Gasteiger partial charge in [0, 0.05) is 36.6 Å². The maximum Gasteiger partial charge on any atom is 0.253 e. The summed E-state index contributed by atoms with van der Waals surface area (Å²) in [5, 5.41) is 0. The molecule has 1 amide bonds. The van der Waals surface area contributed by atoms with Gasteiger partial charge >= 0.3 is 0 Å². The van der Waals surface area contributed by atoms with Crippen LogP contribution in [-0.2, 0) is 10.0 Å². The minimum absolute atomic E-state index is 0.0363. The van der Waals surface area contributed by atoms with Crippen molar-refractivity contribution in [2.45, 2.75) is 4.90 Å². The van der Waals surface area contributed by atoms with Gasteiger partial charge in [0.25, 0.3) is 5.91 Å². The van der Waals surface area contributed by atoms with Crippen LogP contribution in [0.5, 0.6) is 0 Å². The van der Waals surface area contributed by atoms with Crippen LogP contribution in [0.1, 0.15) is 10.4 Å². The van der Waals surface area contributed by atoms with Crippen molar-refractivity contribution in [1.82, 2.24) is 9.21 Å². The number of hydrogen-bond acceptors (Lipinski definition) is 4. The topological polar surface area (TPSA) is 57.7 Å². The molecule has 5 nitrogen and oxygen atoms in total. The fraction of sp³-hybridized carbons (Fsp3) is 0.462. The lowest BCUT2D eigenvalue weighted by atomic mass is 10.2. The van der Waals surface area contributed by atoms with Crippen molar-refractivity contribution in [2.24, 2.45) is 0 Å². The summed E-state index contributed by atoms with van der Waals surface area (Å²) in [5.74, 6) is -0.0363. The third-order valence-corrected chi connectivity index (χ3v) is 5.38. The summed E-state index contributed by atoms with van der Waals surface area (Å²) in [7, 11) is -3.16. The Labute approximate surface area is 124 Å². The quantitative estimate of drug-likeness (QED) is 0.785. The summed E-state index contributed by atoms with van der Waals surface area (Å²) >= 11 is 1.63. The molecule has 0 radical (unpaired) electrons. The summed E-state index contributed by atoms with van der Waals surface area (Å²) in [4.78, 5) is 15.1. The maximum atomic E-state index is 12.3. The zero-order valence-electron chi connectivity index (χ0n) is 11.6. The van der Waals surface area contributed by atoms with Crippen molar-refractivity contribution in [3.63, 3.8) is 0 Å². The van der Waals surface area contributed by atoms with Crippen LogP contribution in [0, 0.1) is 0 Å². The van der Waals surface area contributed by atoms with Crippen LogP contribution in [-0.4, -0.2) is 62.2 Å². The highest BCUT2D eigenvalue weighted by Crippen LogP contribution is 2.16. The molecular weight excluding hydrogens is 296 g/mol. The highest BCUT2D eigenvalue weighted by atomic mass is 32.2. The van der Waals surface area contributed by atoms with Gasteiger partial charge in [0.1, 0.15) is 0 Å². The Kier molecular flexibility index (Phi) is 4.72. The number of thioether (sulfide) groups is 1. The van der Waals surface area contributed by atoms with Crippen LogP contribution in [0.3, 0.4) is 0 Å². The van der Waals surface area contributed by atoms with Crippen LogP contribution in [0.15, 0.2) is 29.2 Å². The standard InChI is InChI=1S/C13H18N2O3S2/c1-19-12-5-3-11(4-6-12)13(16)14-7-9-15(10-8-14)20(2,17)18/h3-6H,7-10H2,1-2H3. The maximum absolute atomic E-state index is 12.3. The van der Waals surface area contributed by atoms with Crippen LogP contribution in [0.4, 0.5) is 0 Å². The van der Waals surface area contributed by atoms with E-state index < -0.39 is 10.0 Å². The molecule has 1 aliphatic heterocycles. The van der Waals surface area contributed by atoms with E-state index in [1.807, 2.05) is 30.5 Å². The van der Waals surface area contributed by atoms with Gasteiger partial charge in [0.05, 0.1) is 6.26 Å². The Morgan fingerprint density at radius 3 is 2.10 bits per heavy atom. The average Bonchev–Trinajstić information content (AvgIpc) is 2.46. The summed E-state index contributed by atoms with van der Waals surface area (Å²) in [5.41, 5.74) is 0.649. The van der Waals surface area contributed by atoms with Gasteiger partial charge in [-0.25, -0.2) is 8.42 Å². The molecule has 1 fully saturated rings. The predicted molar refractivity (Wildman–Crippen MR) is 80.5 cm³/mol. The number of carbonyl (C=O) groups is 1. The molecule has 2 rings (SSSR count). The molecular formula is C13H18N2O3S2. The van der Waals surface area contributed by atoms with E-state index in [2.05, 4.69) is 0 Å². The largest absolute Gasteiger partial charge is 0.336 e. The smallest absolute Gasteiger partial charge is 0.253 e. The Morgan fingerprint density at radius 2 is 1.65 bits per heavy atom. The second-order valence-corrected chi connectivity index (χ2v) is 7.54. The zero-order chi connectivity index (χ0) is 14.8. The molecule has 0 aliphatic carbocycles. The summed E-state index contributed by atoms with van der Waals surface area (Å²) in [6, 6.07) is 7.48. The normalized spacial score (nSPS) is 17.2. The summed E-state index contributed by atoms with van der Waals surface area (Å²) < 4.78 is 24.3. The van der Waals surface area contributed by atoms with Crippen LogP contribution in [0.25, 0.3) is 0 Å². The van der Waals surface area contributed by atoms with E-state index in [1.54, 1.807) is 16.7 Å². The van der Waals surface area contributed by atoms with Gasteiger partial charge in [0.2, 0.25) is 10.0 Å². The summed E-state index contributed by atoms with van der Waals surface area (Å²) in [6.45, 7) is 1.62. The highest BCUT2D eigenvalue weighted by molar-refractivity contribution is 7.98. The number of hydrogen-bond donors (Lipinski definition) is 0. The van der Waals surface area contributed by atoms with E-state index in [9.17, 15) is 13.2 Å². The Bertz CT molecular complexity index is 576. The fourth-order valence-corrected chi connectivity index (χ4v) is 3.37. The molecule has 0 N–H and O–H groups in total. The number of rotatable bonds is 3. The molecule has 0 atom stereocenters. The number of amides is 1. The molecule has 0 spiro atoms. The Morgan fingerprint density at radius 1 is 1.10 bits per heavy atom. The molecule has 1 saturated heterocycles. The van der Waals surface area contributed by atoms with Crippen molar-refractivity contribution < 1.29 is 13.2 Å². The van der Waals surface area contributed by atoms with Crippen molar-refractivity contribution in [3.8, 4) is 0 Å². The SMILES string of the molecule is CSc1ccc(C(=O)N2CCN(S(C)(=O)=O)CC2)cc1. The van der Waals surface area contributed by atoms with E-state index in [0.717, 1.165) is 4.90 Å². The first-order valence-corrected chi connectivity index (χ1v) is 9.37. The number of carbonyl (C=O) groups excluding carboxylic acids is 1. The van der Waals surface area contributed by atoms with Crippen molar-refractivity contribution >= 4 is 27.7 Å². The van der Waals surface area contributed by atoms with Crippen LogP contribution in [0.2, 0.25) is 0 Å². The van der Waals surface area contributed by atoms with E-state index >= 15 is 0 Å². The Balaban J connectivity index is 2.01. The molecule has 20 heavy (non-hydrogen) atoms. The van der Waals surface area contributed by atoms with Gasteiger partial charge in [-0.2, -0.15) is 4.31 Å². The van der Waals surface area contributed by atoms with Crippen LogP contribution >= 0.6 is 11.8 Å². The fourth-order valence-electron chi connectivity index (χ4n) is 2.14. The van der Waals surface area contributed by atoms with E-state index in [-0.39, 0.29) is 5.91 Å². The van der Waals surface area contributed by atoms with Gasteiger partial charge in [-0.1, -0.05) is 0 Å². The minimum atomic E-state index is -3.16. The van der Waals surface area contributed by atoms with Crippen molar-refractivity contribution in [2.75, 3.05) is 38.7 Å². The molecule has 1 heterocycles. The third kappa shape index (κ3) is 3.53. The van der Waals surface area contributed by atoms with Crippen molar-refractivity contribution in [3.05, 3.63) is 29.8 Å². The van der Waals surface area contributed by atoms with E-state index in [0.29, 0.717) is 31.7 Å². The average molecular weight is 314 g/mol. The molecule has 0 aromatic heterocycles. The van der Waals surface area contributed by atoms with Gasteiger partial charge in [-0.15, -0.1) is 11.8 Å². The molecule has 110 valence electrons. The lowest BCUT2D eigenvalue weighted by Gasteiger charge is -2.33. The molecule has 0 saturated carbocycles. The second-order valence-electron chi connectivity index (χ2n) is 4.68. The number of sulfonamides is 1. The van der Waals surface area contributed by atoms with Gasteiger partial charge in [0.15, 0.2) is 0 Å². The number of benzene rings is 1. The first kappa shape index (κ1) is 15.3. The van der Waals surface area contributed by atoms with E-state index in [4.69, 9.17) is 0 Å². The number of nitrogens with zero attached hydrogens (tertiary/aromatic N) is 2. The molecule has 0 bridgehead atoms. The molecule has 7 heteroatoms. The molecule has 1 aromatic carbocycles. The first-order chi connectivity index (χ1) is 9.41. The monoisotopic (exact) mass is 314 g/mol. The predicted octanol–water partition coefficient (Wildman–Crippen LogP) is 1.13. The van der Waals surface area contributed by atoms with Gasteiger partial charge < -0.3 is 4.90 Å². The third-order valence-electron chi connectivity index (χ3n) is 3.33. The first-order valence-electron chi connectivity index (χ1n) is 6.30. The lowest BCUT2D eigenvalue weighted by Crippen LogP contribution is -2.50. The lowest BCUT2D eigenvalue weighted by molar-refractivity contribution is 0.0698. The molecule has 1 aromatic rings. The Hall–Kier alpha value is -1.05. The summed E-state index contributed by atoms with van der Waals surface area (Å²) in [6.07, 6.45) is 3.19. The molecule has 0 unspecified atom stereocenters. The van der Waals surface area contributed by atoms with Crippen LogP contribution < -0.4 is 0 Å². The molecule has 1 aliphatic rings. The van der Waals surface area contributed by atoms with E-state index in [1.165, 1.54) is 10.6 Å². The van der Waals surface area contributed by atoms with Gasteiger partial charge in [-0.05, 0) is 30.5 Å². The highest BCUT2D eigenvalue weighted by Gasteiger charge is 2.26. The second kappa shape index (κ2) is 6.15. The minimum Gasteiger partial charge on any atom is -0.336 e. The number of piperazine rings is 1.